The van der Waals surface area contributed by atoms with Gasteiger partial charge in [-0.2, -0.15) is 0 Å². The molecule has 3 nitrogen and oxygen atoms in total. The Balaban J connectivity index is 2.30. The fourth-order valence-electron chi connectivity index (χ4n) is 1.76. The molecule has 0 radical (unpaired) electrons. The molecule has 0 fully saturated rings. The largest absolute Gasteiger partial charge is 0.475 e. The van der Waals surface area contributed by atoms with E-state index in [-0.39, 0.29) is 5.76 Å². The van der Waals surface area contributed by atoms with Gasteiger partial charge in [-0.1, -0.05) is 36.4 Å². The van der Waals surface area contributed by atoms with Gasteiger partial charge in [0.25, 0.3) is 0 Å². The first kappa shape index (κ1) is 13.9. The van der Waals surface area contributed by atoms with Crippen molar-refractivity contribution in [3.63, 3.8) is 0 Å². The quantitative estimate of drug-likeness (QED) is 0.677. The standard InChI is InChI=1S/C17H16O3/c1-12-8-9-14(10-13(12)2)11-16(17(18)19)20-15-6-4-3-5-7-15/h3-11H,1-2H3,(H,18,19). The molecular weight excluding hydrogens is 252 g/mol. The van der Waals surface area contributed by atoms with Gasteiger partial charge in [-0.25, -0.2) is 4.79 Å². The second-order valence-electron chi connectivity index (χ2n) is 4.57. The maximum absolute atomic E-state index is 11.3. The van der Waals surface area contributed by atoms with Crippen LogP contribution in [0.25, 0.3) is 6.08 Å². The van der Waals surface area contributed by atoms with Crippen molar-refractivity contribution in [2.24, 2.45) is 0 Å². The average Bonchev–Trinajstić information content (AvgIpc) is 2.43. The first-order valence-corrected chi connectivity index (χ1v) is 6.31. The average molecular weight is 268 g/mol. The van der Waals surface area contributed by atoms with E-state index in [9.17, 15) is 9.90 Å². The molecule has 0 unspecified atom stereocenters. The molecule has 2 rings (SSSR count). The normalized spacial score (nSPS) is 11.2. The van der Waals surface area contributed by atoms with Crippen LogP contribution >= 0.6 is 0 Å². The van der Waals surface area contributed by atoms with Gasteiger partial charge < -0.3 is 9.84 Å². The van der Waals surface area contributed by atoms with Crippen molar-refractivity contribution in [3.05, 3.63) is 71.0 Å². The van der Waals surface area contributed by atoms with Crippen LogP contribution in [-0.4, -0.2) is 11.1 Å². The Morgan fingerprint density at radius 2 is 1.75 bits per heavy atom. The van der Waals surface area contributed by atoms with E-state index >= 15 is 0 Å². The number of ether oxygens (including phenoxy) is 1. The number of benzene rings is 2. The lowest BCUT2D eigenvalue weighted by atomic mass is 10.1. The van der Waals surface area contributed by atoms with E-state index in [0.717, 1.165) is 11.1 Å². The third-order valence-electron chi connectivity index (χ3n) is 3.01. The van der Waals surface area contributed by atoms with Gasteiger partial charge in [-0.15, -0.1) is 0 Å². The summed E-state index contributed by atoms with van der Waals surface area (Å²) in [5, 5.41) is 9.23. The second-order valence-corrected chi connectivity index (χ2v) is 4.57. The van der Waals surface area contributed by atoms with E-state index in [2.05, 4.69) is 0 Å². The Morgan fingerprint density at radius 1 is 1.05 bits per heavy atom. The van der Waals surface area contributed by atoms with E-state index in [1.165, 1.54) is 11.6 Å². The fraction of sp³-hybridized carbons (Fsp3) is 0.118. The van der Waals surface area contributed by atoms with E-state index in [0.29, 0.717) is 5.75 Å². The molecule has 102 valence electrons. The number of aryl methyl sites for hydroxylation is 2. The minimum absolute atomic E-state index is 0.0977. The summed E-state index contributed by atoms with van der Waals surface area (Å²) >= 11 is 0. The second kappa shape index (κ2) is 6.06. The van der Waals surface area contributed by atoms with E-state index in [4.69, 9.17) is 4.74 Å². The monoisotopic (exact) mass is 268 g/mol. The number of aliphatic carboxylic acids is 1. The maximum atomic E-state index is 11.3. The lowest BCUT2D eigenvalue weighted by Gasteiger charge is -2.07. The molecule has 0 heterocycles. The van der Waals surface area contributed by atoms with Crippen LogP contribution in [0.15, 0.2) is 54.3 Å². The van der Waals surface area contributed by atoms with Crippen molar-refractivity contribution >= 4 is 12.0 Å². The molecule has 20 heavy (non-hydrogen) atoms. The highest BCUT2D eigenvalue weighted by Crippen LogP contribution is 2.17. The minimum Gasteiger partial charge on any atom is -0.475 e. The Labute approximate surface area is 118 Å². The van der Waals surface area contributed by atoms with Crippen molar-refractivity contribution < 1.29 is 14.6 Å². The third-order valence-corrected chi connectivity index (χ3v) is 3.01. The van der Waals surface area contributed by atoms with E-state index in [1.54, 1.807) is 24.3 Å². The topological polar surface area (TPSA) is 46.5 Å². The van der Waals surface area contributed by atoms with Crippen molar-refractivity contribution in [1.82, 2.24) is 0 Å². The molecule has 0 spiro atoms. The van der Waals surface area contributed by atoms with Crippen LogP contribution in [0, 0.1) is 13.8 Å². The van der Waals surface area contributed by atoms with Crippen molar-refractivity contribution in [3.8, 4) is 5.75 Å². The molecule has 0 saturated carbocycles. The van der Waals surface area contributed by atoms with Gasteiger partial charge in [-0.3, -0.25) is 0 Å². The number of rotatable bonds is 4. The molecule has 0 atom stereocenters. The van der Waals surface area contributed by atoms with Crippen LogP contribution < -0.4 is 4.74 Å². The zero-order chi connectivity index (χ0) is 14.5. The molecule has 2 aromatic rings. The van der Waals surface area contributed by atoms with Crippen molar-refractivity contribution in [1.29, 1.82) is 0 Å². The van der Waals surface area contributed by atoms with Crippen LogP contribution in [0.4, 0.5) is 0 Å². The smallest absolute Gasteiger partial charge is 0.371 e. The summed E-state index contributed by atoms with van der Waals surface area (Å²) in [6.45, 7) is 4.01. The zero-order valence-corrected chi connectivity index (χ0v) is 11.5. The zero-order valence-electron chi connectivity index (χ0n) is 11.5. The van der Waals surface area contributed by atoms with Crippen LogP contribution in [0.2, 0.25) is 0 Å². The molecule has 0 bridgehead atoms. The number of carbonyl (C=O) groups is 1. The lowest BCUT2D eigenvalue weighted by Crippen LogP contribution is -2.07. The van der Waals surface area contributed by atoms with Crippen LogP contribution in [-0.2, 0) is 4.79 Å². The lowest BCUT2D eigenvalue weighted by molar-refractivity contribution is -0.134. The first-order valence-electron chi connectivity index (χ1n) is 6.31. The van der Waals surface area contributed by atoms with Gasteiger partial charge in [0.1, 0.15) is 5.75 Å². The molecule has 2 aromatic carbocycles. The van der Waals surface area contributed by atoms with Gasteiger partial charge in [0, 0.05) is 0 Å². The Hall–Kier alpha value is -2.55. The SMILES string of the molecule is Cc1ccc(C=C(Oc2ccccc2)C(=O)O)cc1C. The van der Waals surface area contributed by atoms with Crippen LogP contribution in [0.5, 0.6) is 5.75 Å². The fourth-order valence-corrected chi connectivity index (χ4v) is 1.76. The summed E-state index contributed by atoms with van der Waals surface area (Å²) in [6.07, 6.45) is 1.53. The highest BCUT2D eigenvalue weighted by Gasteiger charge is 2.10. The van der Waals surface area contributed by atoms with Crippen LogP contribution in [0.1, 0.15) is 16.7 Å². The molecule has 0 saturated heterocycles. The Kier molecular flexibility index (Phi) is 4.20. The number of carboxylic acid groups (broad SMARTS) is 1. The molecule has 0 aliphatic carbocycles. The van der Waals surface area contributed by atoms with Crippen molar-refractivity contribution in [2.75, 3.05) is 0 Å². The summed E-state index contributed by atoms with van der Waals surface area (Å²) in [6, 6.07) is 14.7. The summed E-state index contributed by atoms with van der Waals surface area (Å²) < 4.78 is 5.41. The highest BCUT2D eigenvalue weighted by molar-refractivity contribution is 5.90. The number of para-hydroxylation sites is 1. The van der Waals surface area contributed by atoms with Gasteiger partial charge >= 0.3 is 5.97 Å². The van der Waals surface area contributed by atoms with Gasteiger partial charge in [0.15, 0.2) is 0 Å². The maximum Gasteiger partial charge on any atom is 0.371 e. The summed E-state index contributed by atoms with van der Waals surface area (Å²) in [4.78, 5) is 11.3. The van der Waals surface area contributed by atoms with Gasteiger partial charge in [0.2, 0.25) is 5.76 Å². The van der Waals surface area contributed by atoms with Gasteiger partial charge in [0.05, 0.1) is 0 Å². The molecule has 3 heteroatoms. The molecule has 0 amide bonds. The molecule has 0 aromatic heterocycles. The predicted octanol–water partition coefficient (Wildman–Crippen LogP) is 3.81. The number of carboxylic acids is 1. The molecule has 1 N–H and O–H groups in total. The predicted molar refractivity (Wildman–Crippen MR) is 78.6 cm³/mol. The van der Waals surface area contributed by atoms with Crippen LogP contribution in [0.3, 0.4) is 0 Å². The minimum atomic E-state index is -1.09. The summed E-state index contributed by atoms with van der Waals surface area (Å²) in [5.74, 6) is -0.684. The Morgan fingerprint density at radius 3 is 2.35 bits per heavy atom. The Bertz CT molecular complexity index is 643. The molecule has 0 aliphatic rings. The summed E-state index contributed by atoms with van der Waals surface area (Å²) in [7, 11) is 0. The summed E-state index contributed by atoms with van der Waals surface area (Å²) in [5.41, 5.74) is 3.09. The van der Waals surface area contributed by atoms with Crippen molar-refractivity contribution in [2.45, 2.75) is 13.8 Å². The highest BCUT2D eigenvalue weighted by atomic mass is 16.5. The number of hydrogen-bond acceptors (Lipinski definition) is 2. The van der Waals surface area contributed by atoms with E-state index in [1.807, 2.05) is 38.1 Å². The number of hydrogen-bond donors (Lipinski definition) is 1. The molecular formula is C17H16O3. The van der Waals surface area contributed by atoms with E-state index < -0.39 is 5.97 Å². The molecule has 0 aliphatic heterocycles. The third kappa shape index (κ3) is 3.48. The first-order chi connectivity index (χ1) is 9.56. The van der Waals surface area contributed by atoms with Gasteiger partial charge in [-0.05, 0) is 48.7 Å².